The maximum Gasteiger partial charge on any atom is 0.251 e. The van der Waals surface area contributed by atoms with Crippen LogP contribution in [0.25, 0.3) is 0 Å². The summed E-state index contributed by atoms with van der Waals surface area (Å²) >= 11 is 6.76. The van der Waals surface area contributed by atoms with Gasteiger partial charge in [-0.1, -0.05) is 50.8 Å². The van der Waals surface area contributed by atoms with E-state index in [1.54, 1.807) is 0 Å². The van der Waals surface area contributed by atoms with E-state index in [2.05, 4.69) is 37.2 Å². The van der Waals surface area contributed by atoms with Crippen molar-refractivity contribution in [2.75, 3.05) is 11.9 Å². The lowest BCUT2D eigenvalue weighted by molar-refractivity contribution is 0.0953. The molecule has 0 saturated carbocycles. The molecule has 4 heteroatoms. The van der Waals surface area contributed by atoms with Gasteiger partial charge in [-0.2, -0.15) is 0 Å². The molecular formula is C13H17Br2NO. The average molecular weight is 363 g/mol. The molecule has 1 amide bonds. The molecule has 0 saturated heterocycles. The number of halogens is 2. The predicted octanol–water partition coefficient (Wildman–Crippen LogP) is 4.13. The van der Waals surface area contributed by atoms with Crippen LogP contribution in [0, 0.1) is 0 Å². The van der Waals surface area contributed by atoms with Gasteiger partial charge in [0.15, 0.2) is 0 Å². The summed E-state index contributed by atoms with van der Waals surface area (Å²) in [5.74, 6) is 0.00629. The van der Waals surface area contributed by atoms with Crippen LogP contribution >= 0.6 is 31.9 Å². The highest BCUT2D eigenvalue weighted by molar-refractivity contribution is 9.10. The van der Waals surface area contributed by atoms with Crippen LogP contribution < -0.4 is 5.32 Å². The van der Waals surface area contributed by atoms with Gasteiger partial charge < -0.3 is 5.32 Å². The largest absolute Gasteiger partial charge is 0.352 e. The Morgan fingerprint density at radius 2 is 1.94 bits per heavy atom. The van der Waals surface area contributed by atoms with E-state index in [4.69, 9.17) is 0 Å². The maximum absolute atomic E-state index is 11.7. The predicted molar refractivity (Wildman–Crippen MR) is 78.7 cm³/mol. The van der Waals surface area contributed by atoms with Crippen molar-refractivity contribution in [2.45, 2.75) is 25.7 Å². The van der Waals surface area contributed by atoms with Crippen molar-refractivity contribution in [3.05, 3.63) is 34.3 Å². The van der Waals surface area contributed by atoms with Gasteiger partial charge in [0.25, 0.3) is 5.91 Å². The molecule has 0 heterocycles. The van der Waals surface area contributed by atoms with E-state index in [-0.39, 0.29) is 5.91 Å². The van der Waals surface area contributed by atoms with Gasteiger partial charge in [-0.25, -0.2) is 0 Å². The van der Waals surface area contributed by atoms with Crippen LogP contribution in [-0.2, 0) is 0 Å². The fourth-order valence-electron chi connectivity index (χ4n) is 1.51. The summed E-state index contributed by atoms with van der Waals surface area (Å²) in [7, 11) is 0. The summed E-state index contributed by atoms with van der Waals surface area (Å²) in [5, 5.41) is 4.00. The first-order valence-corrected chi connectivity index (χ1v) is 7.75. The molecule has 1 aromatic rings. The molecule has 1 N–H and O–H groups in total. The van der Waals surface area contributed by atoms with E-state index in [1.807, 2.05) is 24.3 Å². The molecule has 0 aliphatic rings. The first-order chi connectivity index (χ1) is 8.24. The van der Waals surface area contributed by atoms with Gasteiger partial charge in [0.05, 0.1) is 0 Å². The number of rotatable bonds is 7. The smallest absolute Gasteiger partial charge is 0.251 e. The number of benzene rings is 1. The quantitative estimate of drug-likeness (QED) is 0.573. The topological polar surface area (TPSA) is 29.1 Å². The van der Waals surface area contributed by atoms with Crippen LogP contribution in [0.2, 0.25) is 0 Å². The molecule has 0 aliphatic heterocycles. The first kappa shape index (κ1) is 14.7. The highest BCUT2D eigenvalue weighted by atomic mass is 79.9. The highest BCUT2D eigenvalue weighted by Gasteiger charge is 2.04. The Hall–Kier alpha value is -0.350. The summed E-state index contributed by atoms with van der Waals surface area (Å²) in [4.78, 5) is 11.7. The van der Waals surface area contributed by atoms with Crippen LogP contribution in [-0.4, -0.2) is 17.8 Å². The molecule has 17 heavy (non-hydrogen) atoms. The van der Waals surface area contributed by atoms with Crippen LogP contribution in [0.1, 0.15) is 36.0 Å². The number of unbranched alkanes of at least 4 members (excludes halogenated alkanes) is 3. The van der Waals surface area contributed by atoms with Gasteiger partial charge in [-0.3, -0.25) is 4.79 Å². The Bertz CT molecular complexity index is 355. The minimum Gasteiger partial charge on any atom is -0.352 e. The number of alkyl halides is 1. The number of hydrogen-bond acceptors (Lipinski definition) is 1. The molecule has 0 fully saturated rings. The van der Waals surface area contributed by atoms with Gasteiger partial charge in [0.1, 0.15) is 0 Å². The number of carbonyl (C=O) groups is 1. The van der Waals surface area contributed by atoms with Crippen LogP contribution in [0.5, 0.6) is 0 Å². The Morgan fingerprint density at radius 1 is 1.18 bits per heavy atom. The SMILES string of the molecule is O=C(NCCCCCCBr)c1cccc(Br)c1. The lowest BCUT2D eigenvalue weighted by Gasteiger charge is -2.05. The first-order valence-electron chi connectivity index (χ1n) is 5.84. The Kier molecular flexibility index (Phi) is 7.53. The van der Waals surface area contributed by atoms with Crippen molar-refractivity contribution in [2.24, 2.45) is 0 Å². The van der Waals surface area contributed by atoms with Crippen LogP contribution in [0.15, 0.2) is 28.7 Å². The highest BCUT2D eigenvalue weighted by Crippen LogP contribution is 2.11. The summed E-state index contributed by atoms with van der Waals surface area (Å²) in [6, 6.07) is 7.44. The number of carbonyl (C=O) groups excluding carboxylic acids is 1. The van der Waals surface area contributed by atoms with E-state index in [0.29, 0.717) is 5.56 Å². The summed E-state index contributed by atoms with van der Waals surface area (Å²) in [6.45, 7) is 0.758. The fraction of sp³-hybridized carbons (Fsp3) is 0.462. The van der Waals surface area contributed by atoms with E-state index < -0.39 is 0 Å². The molecule has 1 rings (SSSR count). The van der Waals surface area contributed by atoms with Gasteiger partial charge in [-0.15, -0.1) is 0 Å². The van der Waals surface area contributed by atoms with Crippen molar-refractivity contribution < 1.29 is 4.79 Å². The molecular weight excluding hydrogens is 346 g/mol. The molecule has 0 bridgehead atoms. The van der Waals surface area contributed by atoms with Crippen molar-refractivity contribution >= 4 is 37.8 Å². The minimum absolute atomic E-state index is 0.00629. The summed E-state index contributed by atoms with van der Waals surface area (Å²) < 4.78 is 0.933. The van der Waals surface area contributed by atoms with Crippen molar-refractivity contribution in [3.63, 3.8) is 0 Å². The van der Waals surface area contributed by atoms with E-state index in [9.17, 15) is 4.79 Å². The second kappa shape index (κ2) is 8.70. The molecule has 0 radical (unpaired) electrons. The monoisotopic (exact) mass is 361 g/mol. The fourth-order valence-corrected chi connectivity index (χ4v) is 2.30. The molecule has 0 unspecified atom stereocenters. The lowest BCUT2D eigenvalue weighted by atomic mass is 10.2. The second-order valence-electron chi connectivity index (χ2n) is 3.87. The minimum atomic E-state index is 0.00629. The number of hydrogen-bond donors (Lipinski definition) is 1. The molecule has 0 spiro atoms. The van der Waals surface area contributed by atoms with E-state index >= 15 is 0 Å². The Balaban J connectivity index is 2.21. The zero-order valence-electron chi connectivity index (χ0n) is 9.72. The van der Waals surface area contributed by atoms with Crippen LogP contribution in [0.3, 0.4) is 0 Å². The third kappa shape index (κ3) is 6.22. The average Bonchev–Trinajstić information content (AvgIpc) is 2.33. The zero-order valence-corrected chi connectivity index (χ0v) is 12.9. The van der Waals surface area contributed by atoms with E-state index in [1.165, 1.54) is 19.3 Å². The zero-order chi connectivity index (χ0) is 12.5. The number of amides is 1. The molecule has 94 valence electrons. The van der Waals surface area contributed by atoms with Gasteiger partial charge >= 0.3 is 0 Å². The van der Waals surface area contributed by atoms with E-state index in [0.717, 1.165) is 22.8 Å². The molecule has 0 aromatic heterocycles. The third-order valence-corrected chi connectivity index (χ3v) is 3.49. The Labute approximate surface area is 119 Å². The van der Waals surface area contributed by atoms with Gasteiger partial charge in [0.2, 0.25) is 0 Å². The van der Waals surface area contributed by atoms with Crippen molar-refractivity contribution in [3.8, 4) is 0 Å². The van der Waals surface area contributed by atoms with Crippen molar-refractivity contribution in [1.82, 2.24) is 5.32 Å². The molecule has 0 atom stereocenters. The maximum atomic E-state index is 11.7. The number of nitrogens with one attached hydrogen (secondary N) is 1. The molecule has 0 aliphatic carbocycles. The second-order valence-corrected chi connectivity index (χ2v) is 5.58. The normalized spacial score (nSPS) is 10.2. The van der Waals surface area contributed by atoms with Crippen LogP contribution in [0.4, 0.5) is 0 Å². The third-order valence-electron chi connectivity index (χ3n) is 2.43. The summed E-state index contributed by atoms with van der Waals surface area (Å²) in [5.41, 5.74) is 0.708. The van der Waals surface area contributed by atoms with Crippen molar-refractivity contribution in [1.29, 1.82) is 0 Å². The molecule has 2 nitrogen and oxygen atoms in total. The Morgan fingerprint density at radius 3 is 2.65 bits per heavy atom. The van der Waals surface area contributed by atoms with Gasteiger partial charge in [0, 0.05) is 21.9 Å². The standard InChI is InChI=1S/C13H17Br2NO/c14-8-3-1-2-4-9-16-13(17)11-6-5-7-12(15)10-11/h5-7,10H,1-4,8-9H2,(H,16,17). The molecule has 1 aromatic carbocycles. The summed E-state index contributed by atoms with van der Waals surface area (Å²) in [6.07, 6.45) is 4.65. The lowest BCUT2D eigenvalue weighted by Crippen LogP contribution is -2.24. The van der Waals surface area contributed by atoms with Gasteiger partial charge in [-0.05, 0) is 31.0 Å².